The van der Waals surface area contributed by atoms with Crippen LogP contribution in [0.15, 0.2) is 65.8 Å². The van der Waals surface area contributed by atoms with Gasteiger partial charge in [0.2, 0.25) is 15.9 Å². The summed E-state index contributed by atoms with van der Waals surface area (Å²) < 4.78 is 38.7. The van der Waals surface area contributed by atoms with Gasteiger partial charge in [-0.2, -0.15) is 0 Å². The third-order valence-electron chi connectivity index (χ3n) is 9.60. The first-order valence-electron chi connectivity index (χ1n) is 18.0. The molecule has 5 rings (SSSR count). The second-order valence-corrected chi connectivity index (χ2v) is 17.8. The summed E-state index contributed by atoms with van der Waals surface area (Å²) in [5.41, 5.74) is 3.38. The zero-order chi connectivity index (χ0) is 39.0. The number of ether oxygens (including phenoxy) is 2. The van der Waals surface area contributed by atoms with Gasteiger partial charge < -0.3 is 39.9 Å². The highest BCUT2D eigenvalue weighted by Crippen LogP contribution is 2.53. The summed E-state index contributed by atoms with van der Waals surface area (Å²) in [7, 11) is -0.958. The third kappa shape index (κ3) is 11.1. The minimum Gasteiger partial charge on any atom is -0.490 e. The smallest absolute Gasteiger partial charge is 0.222 e. The van der Waals surface area contributed by atoms with Crippen molar-refractivity contribution in [1.29, 1.82) is 0 Å². The van der Waals surface area contributed by atoms with Crippen molar-refractivity contribution in [2.75, 3.05) is 45.3 Å². The van der Waals surface area contributed by atoms with Crippen LogP contribution >= 0.6 is 23.4 Å². The first-order valence-corrected chi connectivity index (χ1v) is 21.0. The molecule has 5 N–H and O–H groups in total. The maximum Gasteiger partial charge on any atom is 0.222 e. The number of benzene rings is 2. The zero-order valence-electron chi connectivity index (χ0n) is 30.5. The van der Waals surface area contributed by atoms with E-state index in [0.717, 1.165) is 67.8 Å². The highest BCUT2D eigenvalue weighted by molar-refractivity contribution is 7.99. The molecule has 16 heteroatoms. The van der Waals surface area contributed by atoms with Gasteiger partial charge in [-0.3, -0.25) is 9.78 Å². The van der Waals surface area contributed by atoms with E-state index in [1.807, 2.05) is 48.7 Å². The maximum atomic E-state index is 13.3. The van der Waals surface area contributed by atoms with E-state index in [2.05, 4.69) is 11.1 Å². The standard InChI is InChI=1S/C38H50ClN3O10S2/c1-41(2)54(49,50)19-17-42(22-32(44)36(47)37(48)33(45)23-43)35(46)8-5-18-53-27-11-12-31(39)25(20-27)24-51-38(14-15-38)30-21-40-16-13-28(30)29-6-3-4-7-34(29)52-26-9-10-26/h3-4,6-7,11-13,16,20-21,26,32-33,36-37,43-45,47-48H,5,8-10,14-15,17-19,22-24H2,1-2H3. The van der Waals surface area contributed by atoms with Crippen LogP contribution < -0.4 is 4.74 Å². The van der Waals surface area contributed by atoms with Crippen molar-refractivity contribution in [1.82, 2.24) is 14.2 Å². The first-order chi connectivity index (χ1) is 25.7. The fourth-order valence-electron chi connectivity index (χ4n) is 5.92. The van der Waals surface area contributed by atoms with Crippen LogP contribution in [-0.4, -0.2) is 130 Å². The average molecular weight is 808 g/mol. The van der Waals surface area contributed by atoms with Gasteiger partial charge in [-0.1, -0.05) is 29.8 Å². The summed E-state index contributed by atoms with van der Waals surface area (Å²) >= 11 is 8.15. The molecule has 296 valence electrons. The number of amides is 1. The number of carbonyl (C=O) groups excluding carboxylic acids is 1. The lowest BCUT2D eigenvalue weighted by Gasteiger charge is -2.30. The van der Waals surface area contributed by atoms with Crippen LogP contribution in [-0.2, 0) is 31.8 Å². The Kier molecular flexibility index (Phi) is 14.8. The highest BCUT2D eigenvalue weighted by Gasteiger charge is 2.48. The SMILES string of the molecule is CN(C)S(=O)(=O)CCN(CC(O)C(O)C(O)C(O)CO)C(=O)CCCSc1ccc(Cl)c(COC2(c3cnccc3-c3ccccc3OC3CC3)CC2)c1. The number of hydrogen-bond donors (Lipinski definition) is 5. The maximum absolute atomic E-state index is 13.3. The molecule has 3 aromatic rings. The van der Waals surface area contributed by atoms with Gasteiger partial charge >= 0.3 is 0 Å². The molecule has 2 fully saturated rings. The Morgan fingerprint density at radius 1 is 1.04 bits per heavy atom. The lowest BCUT2D eigenvalue weighted by molar-refractivity contribution is -0.139. The lowest BCUT2D eigenvalue weighted by atomic mass is 9.96. The number of aliphatic hydroxyl groups excluding tert-OH is 5. The monoisotopic (exact) mass is 807 g/mol. The topological polar surface area (TPSA) is 190 Å². The Labute approximate surface area is 325 Å². The average Bonchev–Trinajstić information content (AvgIpc) is 4.12. The molecule has 54 heavy (non-hydrogen) atoms. The van der Waals surface area contributed by atoms with Gasteiger partial charge in [0.1, 0.15) is 30.2 Å². The molecular formula is C38H50ClN3O10S2. The van der Waals surface area contributed by atoms with Crippen molar-refractivity contribution in [3.8, 4) is 16.9 Å². The number of para-hydroxylation sites is 1. The van der Waals surface area contributed by atoms with Crippen LogP contribution in [0.25, 0.3) is 11.1 Å². The van der Waals surface area contributed by atoms with Gasteiger partial charge in [0.15, 0.2) is 0 Å². The molecule has 2 aliphatic carbocycles. The molecule has 0 saturated heterocycles. The number of sulfonamides is 1. The molecule has 0 spiro atoms. The fraction of sp³-hybridized carbons (Fsp3) is 0.526. The second kappa shape index (κ2) is 18.9. The van der Waals surface area contributed by atoms with Gasteiger partial charge in [-0.25, -0.2) is 12.7 Å². The summed E-state index contributed by atoms with van der Waals surface area (Å²) in [6.45, 7) is -1.33. The van der Waals surface area contributed by atoms with Crippen molar-refractivity contribution >= 4 is 39.3 Å². The molecule has 0 aliphatic heterocycles. The van der Waals surface area contributed by atoms with E-state index in [9.17, 15) is 33.6 Å². The van der Waals surface area contributed by atoms with Crippen molar-refractivity contribution in [2.24, 2.45) is 0 Å². The molecule has 1 heterocycles. The van der Waals surface area contributed by atoms with Crippen LogP contribution in [0.5, 0.6) is 5.75 Å². The van der Waals surface area contributed by atoms with E-state index in [-0.39, 0.29) is 25.7 Å². The quantitative estimate of drug-likeness (QED) is 0.0738. The molecule has 0 bridgehead atoms. The predicted molar refractivity (Wildman–Crippen MR) is 206 cm³/mol. The number of aliphatic hydroxyl groups is 5. The van der Waals surface area contributed by atoms with Gasteiger partial charge in [0.05, 0.1) is 30.7 Å². The minimum atomic E-state index is -3.69. The molecule has 2 saturated carbocycles. The van der Waals surface area contributed by atoms with Crippen LogP contribution in [0.2, 0.25) is 5.02 Å². The van der Waals surface area contributed by atoms with E-state index in [0.29, 0.717) is 17.2 Å². The normalized spacial score (nSPS) is 17.5. The predicted octanol–water partition coefficient (Wildman–Crippen LogP) is 3.18. The van der Waals surface area contributed by atoms with Crippen LogP contribution in [0, 0.1) is 0 Å². The van der Waals surface area contributed by atoms with Crippen molar-refractivity contribution in [3.05, 3.63) is 77.1 Å². The summed E-state index contributed by atoms with van der Waals surface area (Å²) in [5.74, 6) is 0.514. The van der Waals surface area contributed by atoms with Crippen LogP contribution in [0.4, 0.5) is 0 Å². The number of nitrogens with zero attached hydrogens (tertiary/aromatic N) is 3. The number of carbonyl (C=O) groups is 1. The molecule has 2 aliphatic rings. The van der Waals surface area contributed by atoms with E-state index in [1.54, 1.807) is 6.20 Å². The molecule has 13 nitrogen and oxygen atoms in total. The fourth-order valence-corrected chi connectivity index (χ4v) is 7.82. The molecule has 4 atom stereocenters. The number of hydrogen-bond acceptors (Lipinski definition) is 12. The summed E-state index contributed by atoms with van der Waals surface area (Å²) in [6.07, 6.45) is 0.976. The van der Waals surface area contributed by atoms with Crippen molar-refractivity contribution in [2.45, 2.75) is 86.1 Å². The molecule has 2 aromatic carbocycles. The Morgan fingerprint density at radius 3 is 2.44 bits per heavy atom. The first kappa shape index (κ1) is 42.3. The summed E-state index contributed by atoms with van der Waals surface area (Å²) in [5, 5.41) is 50.2. The highest BCUT2D eigenvalue weighted by atomic mass is 35.5. The molecule has 0 radical (unpaired) electrons. The summed E-state index contributed by atoms with van der Waals surface area (Å²) in [6, 6.07) is 15.7. The van der Waals surface area contributed by atoms with Gasteiger partial charge in [-0.15, -0.1) is 11.8 Å². The van der Waals surface area contributed by atoms with Gasteiger partial charge in [-0.05, 0) is 79.3 Å². The zero-order valence-corrected chi connectivity index (χ0v) is 32.8. The van der Waals surface area contributed by atoms with E-state index in [1.165, 1.54) is 25.9 Å². The van der Waals surface area contributed by atoms with Gasteiger partial charge in [0.25, 0.3) is 0 Å². The molecule has 1 amide bonds. The van der Waals surface area contributed by atoms with E-state index >= 15 is 0 Å². The number of halogens is 1. The number of aromatic nitrogens is 1. The second-order valence-electron chi connectivity index (χ2n) is 14.0. The van der Waals surface area contributed by atoms with Crippen LogP contribution in [0.3, 0.4) is 0 Å². The Hall–Kier alpha value is -2.83. The number of pyridine rings is 1. The van der Waals surface area contributed by atoms with Crippen molar-refractivity contribution < 1.29 is 48.2 Å². The Balaban J connectivity index is 1.18. The van der Waals surface area contributed by atoms with Crippen molar-refractivity contribution in [3.63, 3.8) is 0 Å². The summed E-state index contributed by atoms with van der Waals surface area (Å²) in [4.78, 5) is 19.7. The number of thioether (sulfide) groups is 1. The Bertz CT molecular complexity index is 1830. The molecule has 1 aromatic heterocycles. The lowest BCUT2D eigenvalue weighted by Crippen LogP contribution is -2.51. The minimum absolute atomic E-state index is 0.0218. The Morgan fingerprint density at radius 2 is 1.76 bits per heavy atom. The van der Waals surface area contributed by atoms with E-state index < -0.39 is 64.9 Å². The molecule has 4 unspecified atom stereocenters. The van der Waals surface area contributed by atoms with E-state index in [4.69, 9.17) is 26.2 Å². The third-order valence-corrected chi connectivity index (χ3v) is 12.9. The van der Waals surface area contributed by atoms with Gasteiger partial charge in [0, 0.05) is 67.0 Å². The largest absolute Gasteiger partial charge is 0.490 e. The molecular weight excluding hydrogens is 758 g/mol. The number of rotatable bonds is 22. The van der Waals surface area contributed by atoms with Crippen LogP contribution in [0.1, 0.15) is 49.7 Å².